The van der Waals surface area contributed by atoms with Crippen molar-refractivity contribution in [2.75, 3.05) is 0 Å². The van der Waals surface area contributed by atoms with Gasteiger partial charge in [-0.3, -0.25) is 4.79 Å². The lowest BCUT2D eigenvalue weighted by molar-refractivity contribution is 0.0930. The van der Waals surface area contributed by atoms with Crippen molar-refractivity contribution >= 4 is 21.8 Å². The van der Waals surface area contributed by atoms with E-state index in [0.717, 1.165) is 4.47 Å². The number of halogens is 1. The highest BCUT2D eigenvalue weighted by molar-refractivity contribution is 9.10. The van der Waals surface area contributed by atoms with Crippen molar-refractivity contribution in [1.29, 1.82) is 0 Å². The lowest BCUT2D eigenvalue weighted by atomic mass is 10.1. The van der Waals surface area contributed by atoms with Crippen LogP contribution >= 0.6 is 15.9 Å². The van der Waals surface area contributed by atoms with Gasteiger partial charge in [-0.15, -0.1) is 0 Å². The Bertz CT molecular complexity index is 349. The highest BCUT2D eigenvalue weighted by Crippen LogP contribution is 2.16. The second-order valence-corrected chi connectivity index (χ2v) is 4.84. The van der Waals surface area contributed by atoms with E-state index in [1.807, 2.05) is 31.2 Å². The van der Waals surface area contributed by atoms with E-state index in [4.69, 9.17) is 0 Å². The van der Waals surface area contributed by atoms with Gasteiger partial charge in [0, 0.05) is 10.5 Å². The Morgan fingerprint density at radius 2 is 1.87 bits per heavy atom. The molecule has 0 aliphatic carbocycles. The number of carbonyl (C=O) groups is 1. The van der Waals surface area contributed by atoms with Gasteiger partial charge in [0.2, 0.25) is 0 Å². The molecule has 1 amide bonds. The zero-order chi connectivity index (χ0) is 11.4. The molecule has 0 saturated carbocycles. The molecule has 0 spiro atoms. The van der Waals surface area contributed by atoms with Crippen LogP contribution in [0, 0.1) is 5.92 Å². The number of benzene rings is 1. The van der Waals surface area contributed by atoms with E-state index in [1.54, 1.807) is 0 Å². The second kappa shape index (κ2) is 5.31. The predicted molar refractivity (Wildman–Crippen MR) is 65.9 cm³/mol. The maximum absolute atomic E-state index is 11.8. The van der Waals surface area contributed by atoms with Crippen LogP contribution in [0.4, 0.5) is 0 Å². The fourth-order valence-electron chi connectivity index (χ4n) is 1.10. The van der Waals surface area contributed by atoms with Crippen LogP contribution in [0.5, 0.6) is 0 Å². The third-order valence-corrected chi connectivity index (χ3v) is 3.17. The molecule has 0 unspecified atom stereocenters. The van der Waals surface area contributed by atoms with Crippen molar-refractivity contribution in [3.05, 3.63) is 34.3 Å². The summed E-state index contributed by atoms with van der Waals surface area (Å²) in [5, 5.41) is 2.97. The smallest absolute Gasteiger partial charge is 0.252 e. The first-order chi connectivity index (χ1) is 7.02. The lowest BCUT2D eigenvalue weighted by Crippen LogP contribution is -2.36. The van der Waals surface area contributed by atoms with E-state index in [-0.39, 0.29) is 11.9 Å². The minimum absolute atomic E-state index is 0.0244. The van der Waals surface area contributed by atoms with Crippen molar-refractivity contribution in [3.63, 3.8) is 0 Å². The van der Waals surface area contributed by atoms with Crippen LogP contribution in [-0.2, 0) is 0 Å². The molecule has 1 N–H and O–H groups in total. The van der Waals surface area contributed by atoms with E-state index >= 15 is 0 Å². The Kier molecular flexibility index (Phi) is 4.33. The van der Waals surface area contributed by atoms with Gasteiger partial charge >= 0.3 is 0 Å². The summed E-state index contributed by atoms with van der Waals surface area (Å²) in [5.74, 6) is 0.417. The van der Waals surface area contributed by atoms with Crippen molar-refractivity contribution in [2.45, 2.75) is 26.8 Å². The highest BCUT2D eigenvalue weighted by atomic mass is 79.9. The van der Waals surface area contributed by atoms with Gasteiger partial charge in [0.1, 0.15) is 0 Å². The summed E-state index contributed by atoms with van der Waals surface area (Å²) in [6, 6.07) is 7.62. The van der Waals surface area contributed by atoms with Gasteiger partial charge in [0.15, 0.2) is 0 Å². The third-order valence-electron chi connectivity index (χ3n) is 2.48. The standard InChI is InChI=1S/C12H16BrNO/c1-8(2)9(3)14-12(15)10-6-4-5-7-11(10)13/h4-9H,1-3H3,(H,14,15)/t9-/m1/s1. The van der Waals surface area contributed by atoms with Crippen LogP contribution in [0.3, 0.4) is 0 Å². The molecular weight excluding hydrogens is 254 g/mol. The molecule has 0 heterocycles. The summed E-state index contributed by atoms with van der Waals surface area (Å²) in [6.45, 7) is 6.19. The first kappa shape index (κ1) is 12.2. The number of amides is 1. The fourth-order valence-corrected chi connectivity index (χ4v) is 1.56. The van der Waals surface area contributed by atoms with Crippen molar-refractivity contribution in [3.8, 4) is 0 Å². The quantitative estimate of drug-likeness (QED) is 0.897. The maximum atomic E-state index is 11.8. The summed E-state index contributed by atoms with van der Waals surface area (Å²) in [5.41, 5.74) is 0.685. The molecule has 0 fully saturated rings. The summed E-state index contributed by atoms with van der Waals surface area (Å²) in [4.78, 5) is 11.8. The number of rotatable bonds is 3. The van der Waals surface area contributed by atoms with Crippen molar-refractivity contribution < 1.29 is 4.79 Å². The van der Waals surface area contributed by atoms with Crippen LogP contribution < -0.4 is 5.32 Å². The van der Waals surface area contributed by atoms with E-state index in [2.05, 4.69) is 35.1 Å². The molecule has 2 nitrogen and oxygen atoms in total. The summed E-state index contributed by atoms with van der Waals surface area (Å²) < 4.78 is 0.832. The van der Waals surface area contributed by atoms with Gasteiger partial charge < -0.3 is 5.32 Å². The Morgan fingerprint density at radius 3 is 2.40 bits per heavy atom. The number of carbonyl (C=O) groups excluding carboxylic acids is 1. The van der Waals surface area contributed by atoms with Gasteiger partial charge in [-0.1, -0.05) is 26.0 Å². The van der Waals surface area contributed by atoms with E-state index < -0.39 is 0 Å². The minimum Gasteiger partial charge on any atom is -0.349 e. The Labute approximate surface area is 99.2 Å². The molecule has 1 aromatic rings. The van der Waals surface area contributed by atoms with Crippen molar-refractivity contribution in [1.82, 2.24) is 5.32 Å². The first-order valence-electron chi connectivity index (χ1n) is 5.07. The van der Waals surface area contributed by atoms with Gasteiger partial charge in [-0.25, -0.2) is 0 Å². The SMILES string of the molecule is CC(C)[C@@H](C)NC(=O)c1ccccc1Br. The van der Waals surface area contributed by atoms with E-state index in [1.165, 1.54) is 0 Å². The zero-order valence-electron chi connectivity index (χ0n) is 9.25. The average molecular weight is 270 g/mol. The lowest BCUT2D eigenvalue weighted by Gasteiger charge is -2.17. The summed E-state index contributed by atoms with van der Waals surface area (Å²) in [6.07, 6.45) is 0. The number of nitrogens with one attached hydrogen (secondary N) is 1. The molecule has 0 bridgehead atoms. The third kappa shape index (κ3) is 3.34. The molecule has 15 heavy (non-hydrogen) atoms. The largest absolute Gasteiger partial charge is 0.349 e. The molecule has 0 saturated heterocycles. The molecule has 3 heteroatoms. The Hall–Kier alpha value is -0.830. The number of hydrogen-bond donors (Lipinski definition) is 1. The van der Waals surface area contributed by atoms with Crippen LogP contribution in [-0.4, -0.2) is 11.9 Å². The monoisotopic (exact) mass is 269 g/mol. The van der Waals surface area contributed by atoms with Gasteiger partial charge in [0.05, 0.1) is 5.56 Å². The van der Waals surface area contributed by atoms with E-state index in [0.29, 0.717) is 11.5 Å². The topological polar surface area (TPSA) is 29.1 Å². The zero-order valence-corrected chi connectivity index (χ0v) is 10.8. The highest BCUT2D eigenvalue weighted by Gasteiger charge is 2.13. The molecule has 0 aliphatic heterocycles. The maximum Gasteiger partial charge on any atom is 0.252 e. The summed E-state index contributed by atoms with van der Waals surface area (Å²) >= 11 is 3.36. The second-order valence-electron chi connectivity index (χ2n) is 3.99. The van der Waals surface area contributed by atoms with E-state index in [9.17, 15) is 4.79 Å². The van der Waals surface area contributed by atoms with Gasteiger partial charge in [-0.2, -0.15) is 0 Å². The molecular formula is C12H16BrNO. The number of hydrogen-bond acceptors (Lipinski definition) is 1. The van der Waals surface area contributed by atoms with Crippen LogP contribution in [0.15, 0.2) is 28.7 Å². The van der Waals surface area contributed by atoms with Gasteiger partial charge in [0.25, 0.3) is 5.91 Å². The van der Waals surface area contributed by atoms with Crippen LogP contribution in [0.25, 0.3) is 0 Å². The molecule has 1 aromatic carbocycles. The van der Waals surface area contributed by atoms with Crippen LogP contribution in [0.1, 0.15) is 31.1 Å². The Morgan fingerprint density at radius 1 is 1.27 bits per heavy atom. The molecule has 0 radical (unpaired) electrons. The minimum atomic E-state index is -0.0244. The average Bonchev–Trinajstić information content (AvgIpc) is 2.18. The molecule has 0 aromatic heterocycles. The Balaban J connectivity index is 2.74. The van der Waals surface area contributed by atoms with Crippen LogP contribution in [0.2, 0.25) is 0 Å². The predicted octanol–water partition coefficient (Wildman–Crippen LogP) is 3.22. The first-order valence-corrected chi connectivity index (χ1v) is 5.87. The summed E-state index contributed by atoms with van der Waals surface area (Å²) in [7, 11) is 0. The molecule has 82 valence electrons. The van der Waals surface area contributed by atoms with Crippen molar-refractivity contribution in [2.24, 2.45) is 5.92 Å². The molecule has 1 atom stereocenters. The fraction of sp³-hybridized carbons (Fsp3) is 0.417. The molecule has 0 aliphatic rings. The normalized spacial score (nSPS) is 12.6. The van der Waals surface area contributed by atoms with Gasteiger partial charge in [-0.05, 0) is 40.9 Å². The molecule has 1 rings (SSSR count).